The van der Waals surface area contributed by atoms with Gasteiger partial charge in [0.2, 0.25) is 5.69 Å². The minimum Gasteiger partial charge on any atom is -0.302 e. The van der Waals surface area contributed by atoms with E-state index in [9.17, 15) is 0 Å². The largest absolute Gasteiger partial charge is 0.302 e. The number of aryl methyl sites for hydroxylation is 2. The Morgan fingerprint density at radius 3 is 2.14 bits per heavy atom. The summed E-state index contributed by atoms with van der Waals surface area (Å²) in [7, 11) is 2.22. The number of pyridine rings is 1. The van der Waals surface area contributed by atoms with E-state index < -0.39 is 0 Å². The fourth-order valence-corrected chi connectivity index (χ4v) is 7.41. The molecular weight excluding hydrogens is 448 g/mol. The van der Waals surface area contributed by atoms with Gasteiger partial charge in [-0.1, -0.05) is 79.9 Å². The molecule has 0 radical (unpaired) electrons. The van der Waals surface area contributed by atoms with Crippen molar-refractivity contribution in [3.63, 3.8) is 0 Å². The molecule has 3 heterocycles. The number of aromatic nitrogens is 2. The molecular formula is C35H31N2+. The summed E-state index contributed by atoms with van der Waals surface area (Å²) in [6.07, 6.45) is 8.94. The summed E-state index contributed by atoms with van der Waals surface area (Å²) < 4.78 is 4.90. The highest BCUT2D eigenvalue weighted by Gasteiger charge is 2.28. The zero-order valence-electron chi connectivity index (χ0n) is 21.6. The van der Waals surface area contributed by atoms with Crippen LogP contribution in [-0.4, -0.2) is 4.40 Å². The monoisotopic (exact) mass is 479 g/mol. The molecule has 2 nitrogen and oxygen atoms in total. The first kappa shape index (κ1) is 21.2. The molecule has 2 heteroatoms. The van der Waals surface area contributed by atoms with E-state index in [1.54, 1.807) is 5.56 Å². The van der Waals surface area contributed by atoms with Gasteiger partial charge in [-0.05, 0) is 59.7 Å². The first-order chi connectivity index (χ1) is 18.2. The van der Waals surface area contributed by atoms with E-state index in [2.05, 4.69) is 108 Å². The van der Waals surface area contributed by atoms with E-state index in [4.69, 9.17) is 0 Å². The molecule has 3 aromatic heterocycles. The molecule has 0 aliphatic heterocycles. The van der Waals surface area contributed by atoms with Gasteiger partial charge in [-0.2, -0.15) is 4.57 Å². The second kappa shape index (κ2) is 7.79. The van der Waals surface area contributed by atoms with Crippen LogP contribution in [0.3, 0.4) is 0 Å². The van der Waals surface area contributed by atoms with E-state index >= 15 is 0 Å². The average Bonchev–Trinajstić information content (AvgIpc) is 3.46. The highest BCUT2D eigenvalue weighted by Crippen LogP contribution is 2.44. The minimum atomic E-state index is 0.649. The molecule has 1 aliphatic carbocycles. The molecule has 0 N–H and O–H groups in total. The summed E-state index contributed by atoms with van der Waals surface area (Å²) in [5.41, 5.74) is 9.58. The van der Waals surface area contributed by atoms with Crippen LogP contribution in [0.2, 0.25) is 0 Å². The maximum Gasteiger partial charge on any atom is 0.237 e. The van der Waals surface area contributed by atoms with Crippen molar-refractivity contribution in [2.24, 2.45) is 7.05 Å². The molecule has 0 amide bonds. The third-order valence-electron chi connectivity index (χ3n) is 9.15. The van der Waals surface area contributed by atoms with Crippen LogP contribution in [0.4, 0.5) is 0 Å². The van der Waals surface area contributed by atoms with Crippen molar-refractivity contribution in [3.05, 3.63) is 96.2 Å². The summed E-state index contributed by atoms with van der Waals surface area (Å²) in [6.45, 7) is 2.33. The first-order valence-corrected chi connectivity index (χ1v) is 13.8. The van der Waals surface area contributed by atoms with Crippen molar-refractivity contribution in [3.8, 4) is 11.3 Å². The number of benzene rings is 4. The van der Waals surface area contributed by atoms with Gasteiger partial charge in [0.15, 0.2) is 6.20 Å². The van der Waals surface area contributed by atoms with Crippen LogP contribution in [-0.2, 0) is 7.05 Å². The van der Waals surface area contributed by atoms with Gasteiger partial charge in [-0.15, -0.1) is 0 Å². The number of hydrogen-bond acceptors (Lipinski definition) is 0. The van der Waals surface area contributed by atoms with E-state index in [1.807, 2.05) is 0 Å². The lowest BCUT2D eigenvalue weighted by Gasteiger charge is -2.25. The van der Waals surface area contributed by atoms with Crippen molar-refractivity contribution >= 4 is 48.9 Å². The van der Waals surface area contributed by atoms with E-state index in [-0.39, 0.29) is 0 Å². The fourth-order valence-electron chi connectivity index (χ4n) is 7.41. The molecule has 0 bridgehead atoms. The summed E-state index contributed by atoms with van der Waals surface area (Å²) in [5, 5.41) is 8.21. The third kappa shape index (κ3) is 2.84. The fraction of sp³-hybridized carbons (Fsp3) is 0.229. The number of rotatable bonds is 2. The summed E-state index contributed by atoms with van der Waals surface area (Å²) in [6, 6.07) is 29.7. The molecule has 37 heavy (non-hydrogen) atoms. The van der Waals surface area contributed by atoms with Gasteiger partial charge < -0.3 is 4.40 Å². The van der Waals surface area contributed by atoms with Crippen LogP contribution in [0.5, 0.6) is 0 Å². The molecule has 0 unspecified atom stereocenters. The number of nitrogens with zero attached hydrogens (tertiary/aromatic N) is 2. The molecule has 1 aliphatic rings. The normalized spacial score (nSPS) is 15.2. The molecule has 0 spiro atoms. The lowest BCUT2D eigenvalue weighted by Crippen LogP contribution is -2.31. The SMILES string of the molecule is Cc1c(-c2c3c(cc[n+]2C)c2cccc4c5ccccc5n3c42)cc(C2CCCCC2)c2ccccc12. The molecule has 1 saturated carbocycles. The van der Waals surface area contributed by atoms with Crippen LogP contribution < -0.4 is 4.57 Å². The lowest BCUT2D eigenvalue weighted by molar-refractivity contribution is -0.659. The highest BCUT2D eigenvalue weighted by atomic mass is 15.0. The quantitative estimate of drug-likeness (QED) is 0.219. The van der Waals surface area contributed by atoms with Gasteiger partial charge >= 0.3 is 0 Å². The van der Waals surface area contributed by atoms with Crippen LogP contribution in [0.25, 0.3) is 60.1 Å². The topological polar surface area (TPSA) is 8.29 Å². The van der Waals surface area contributed by atoms with Crippen molar-refractivity contribution in [2.75, 3.05) is 0 Å². The lowest BCUT2D eigenvalue weighted by atomic mass is 9.80. The summed E-state index contributed by atoms with van der Waals surface area (Å²) in [5.74, 6) is 0.649. The molecule has 7 aromatic rings. The number of fused-ring (bicyclic) bond motifs is 7. The smallest absolute Gasteiger partial charge is 0.237 e. The Bertz CT molecular complexity index is 1980. The van der Waals surface area contributed by atoms with Gasteiger partial charge in [0.05, 0.1) is 16.6 Å². The molecule has 0 atom stereocenters. The second-order valence-electron chi connectivity index (χ2n) is 11.1. The maximum absolute atomic E-state index is 2.56. The van der Waals surface area contributed by atoms with Gasteiger partial charge in [0.1, 0.15) is 12.6 Å². The molecule has 4 aromatic carbocycles. The standard InChI is InChI=1S/C35H31N2/c1-22-24-13-6-7-14-25(24)31(23-11-4-3-5-12-23)21-30(22)34-35-29(19-20-36(34)2)28-17-10-16-27-26-15-8-9-18-32(26)37(35)33(27)28/h6-10,13-21,23H,3-5,11-12H2,1-2H3/q+1. The van der Waals surface area contributed by atoms with Crippen LogP contribution in [0.1, 0.15) is 49.1 Å². The van der Waals surface area contributed by atoms with Crippen molar-refractivity contribution in [2.45, 2.75) is 44.9 Å². The second-order valence-corrected chi connectivity index (χ2v) is 11.1. The Hall–Kier alpha value is -3.91. The van der Waals surface area contributed by atoms with Crippen molar-refractivity contribution in [1.82, 2.24) is 4.40 Å². The zero-order chi connectivity index (χ0) is 24.7. The first-order valence-electron chi connectivity index (χ1n) is 13.8. The van der Waals surface area contributed by atoms with Gasteiger partial charge in [0, 0.05) is 27.6 Å². The van der Waals surface area contributed by atoms with E-state index in [0.29, 0.717) is 5.92 Å². The Morgan fingerprint density at radius 1 is 0.676 bits per heavy atom. The van der Waals surface area contributed by atoms with Crippen LogP contribution in [0, 0.1) is 6.92 Å². The Morgan fingerprint density at radius 2 is 1.32 bits per heavy atom. The van der Waals surface area contributed by atoms with E-state index in [1.165, 1.54) is 97.8 Å². The predicted octanol–water partition coefficient (Wildman–Crippen LogP) is 8.84. The Kier molecular flexibility index (Phi) is 4.47. The Balaban J connectivity index is 1.56. The average molecular weight is 480 g/mol. The van der Waals surface area contributed by atoms with Crippen molar-refractivity contribution in [1.29, 1.82) is 0 Å². The van der Waals surface area contributed by atoms with Gasteiger partial charge in [-0.25, -0.2) is 0 Å². The molecule has 180 valence electrons. The predicted molar refractivity (Wildman–Crippen MR) is 156 cm³/mol. The zero-order valence-corrected chi connectivity index (χ0v) is 21.6. The maximum atomic E-state index is 2.56. The van der Waals surface area contributed by atoms with Crippen LogP contribution >= 0.6 is 0 Å². The summed E-state index contributed by atoms with van der Waals surface area (Å²) in [4.78, 5) is 0. The van der Waals surface area contributed by atoms with Crippen LogP contribution in [0.15, 0.2) is 85.1 Å². The Labute approximate surface area is 217 Å². The highest BCUT2D eigenvalue weighted by molar-refractivity contribution is 6.24. The number of hydrogen-bond donors (Lipinski definition) is 0. The number of para-hydroxylation sites is 2. The molecule has 8 rings (SSSR count). The van der Waals surface area contributed by atoms with Crippen molar-refractivity contribution < 1.29 is 4.57 Å². The van der Waals surface area contributed by atoms with Gasteiger partial charge in [0.25, 0.3) is 0 Å². The molecule has 0 saturated heterocycles. The summed E-state index contributed by atoms with van der Waals surface area (Å²) >= 11 is 0. The van der Waals surface area contributed by atoms with Gasteiger partial charge in [-0.3, -0.25) is 0 Å². The minimum absolute atomic E-state index is 0.649. The third-order valence-corrected chi connectivity index (χ3v) is 9.15. The molecule has 1 fully saturated rings. The van der Waals surface area contributed by atoms with E-state index in [0.717, 1.165) is 0 Å².